The number of nitrogens with zero attached hydrogens (tertiary/aromatic N) is 1. The summed E-state index contributed by atoms with van der Waals surface area (Å²) in [5, 5.41) is 6.42. The van der Waals surface area contributed by atoms with E-state index in [9.17, 15) is 12.8 Å². The topological polar surface area (TPSA) is 82.6 Å². The van der Waals surface area contributed by atoms with Crippen molar-refractivity contribution in [3.05, 3.63) is 70.5 Å². The molecule has 1 unspecified atom stereocenters. The molecule has 160 valence electrons. The molecule has 3 N–H and O–H groups in total. The minimum Gasteiger partial charge on any atom is -0.352 e. The number of aliphatic imine (C=N–C) groups is 1. The van der Waals surface area contributed by atoms with E-state index in [-0.39, 0.29) is 41.6 Å². The Hall–Kier alpha value is -1.72. The molecule has 0 spiro atoms. The zero-order valence-electron chi connectivity index (χ0n) is 17.0. The molecule has 2 aromatic carbocycles. The maximum atomic E-state index is 13.8. The second kappa shape index (κ2) is 11.5. The molecule has 29 heavy (non-hydrogen) atoms. The molecule has 0 radical (unpaired) electrons. The van der Waals surface area contributed by atoms with Crippen LogP contribution in [-0.4, -0.2) is 28.5 Å². The molecular weight excluding hydrogens is 506 g/mol. The maximum absolute atomic E-state index is 13.8. The fraction of sp³-hybridized carbons (Fsp3) is 0.350. The lowest BCUT2D eigenvalue weighted by molar-refractivity contribution is 0.587. The van der Waals surface area contributed by atoms with Gasteiger partial charge in [0.05, 0.1) is 11.8 Å². The Morgan fingerprint density at radius 2 is 1.86 bits per heavy atom. The lowest BCUT2D eigenvalue weighted by Gasteiger charge is -2.19. The molecule has 0 fully saturated rings. The van der Waals surface area contributed by atoms with Crippen LogP contribution in [0.25, 0.3) is 0 Å². The van der Waals surface area contributed by atoms with Crippen molar-refractivity contribution in [3.8, 4) is 0 Å². The highest BCUT2D eigenvalue weighted by atomic mass is 127. The molecule has 6 nitrogen and oxygen atoms in total. The largest absolute Gasteiger partial charge is 0.352 e. The summed E-state index contributed by atoms with van der Waals surface area (Å²) in [6.45, 7) is 4.13. The highest BCUT2D eigenvalue weighted by molar-refractivity contribution is 14.0. The van der Waals surface area contributed by atoms with Crippen molar-refractivity contribution in [3.63, 3.8) is 0 Å². The Bertz CT molecular complexity index is 951. The van der Waals surface area contributed by atoms with Gasteiger partial charge in [-0.2, -0.15) is 0 Å². The molecule has 0 aliphatic carbocycles. The van der Waals surface area contributed by atoms with E-state index in [0.717, 1.165) is 11.1 Å². The third-order valence-corrected chi connectivity index (χ3v) is 5.73. The Morgan fingerprint density at radius 1 is 1.17 bits per heavy atom. The van der Waals surface area contributed by atoms with Crippen molar-refractivity contribution in [2.24, 2.45) is 4.99 Å². The van der Waals surface area contributed by atoms with E-state index in [1.165, 1.54) is 13.1 Å². The third-order valence-electron chi connectivity index (χ3n) is 4.39. The highest BCUT2D eigenvalue weighted by Crippen LogP contribution is 2.16. The van der Waals surface area contributed by atoms with Crippen LogP contribution in [0.1, 0.15) is 35.2 Å². The van der Waals surface area contributed by atoms with Crippen LogP contribution >= 0.6 is 24.0 Å². The summed E-state index contributed by atoms with van der Waals surface area (Å²) < 4.78 is 39.5. The molecule has 0 saturated heterocycles. The van der Waals surface area contributed by atoms with E-state index in [0.29, 0.717) is 23.6 Å². The van der Waals surface area contributed by atoms with Crippen molar-refractivity contribution in [2.45, 2.75) is 32.2 Å². The molecule has 2 aromatic rings. The number of hydrogen-bond donors (Lipinski definition) is 3. The molecular formula is C20H28FIN4O2S. The fourth-order valence-corrected chi connectivity index (χ4v) is 3.43. The van der Waals surface area contributed by atoms with Gasteiger partial charge in [0, 0.05) is 13.6 Å². The van der Waals surface area contributed by atoms with Crippen molar-refractivity contribution >= 4 is 40.0 Å². The Labute approximate surface area is 189 Å². The molecule has 0 heterocycles. The van der Waals surface area contributed by atoms with Gasteiger partial charge < -0.3 is 10.6 Å². The van der Waals surface area contributed by atoms with Crippen LogP contribution in [0.2, 0.25) is 0 Å². The van der Waals surface area contributed by atoms with Crippen LogP contribution in [0.15, 0.2) is 47.5 Å². The minimum atomic E-state index is -3.32. The number of aryl methyl sites for hydroxylation is 1. The monoisotopic (exact) mass is 534 g/mol. The van der Waals surface area contributed by atoms with Gasteiger partial charge in [-0.25, -0.2) is 17.5 Å². The van der Waals surface area contributed by atoms with Gasteiger partial charge in [-0.05, 0) is 49.2 Å². The molecule has 0 aliphatic heterocycles. The summed E-state index contributed by atoms with van der Waals surface area (Å²) in [4.78, 5) is 4.20. The van der Waals surface area contributed by atoms with E-state index in [2.05, 4.69) is 20.3 Å². The van der Waals surface area contributed by atoms with Crippen molar-refractivity contribution in [2.75, 3.05) is 14.1 Å². The van der Waals surface area contributed by atoms with Crippen molar-refractivity contribution in [1.82, 2.24) is 15.4 Å². The van der Waals surface area contributed by atoms with E-state index in [1.54, 1.807) is 26.1 Å². The van der Waals surface area contributed by atoms with Crippen LogP contribution in [0, 0.1) is 12.7 Å². The molecule has 1 atom stereocenters. The first-order valence-corrected chi connectivity index (χ1v) is 10.6. The molecule has 0 amide bonds. The van der Waals surface area contributed by atoms with E-state index < -0.39 is 10.0 Å². The number of halogens is 2. The number of rotatable bonds is 7. The SMILES string of the molecule is CN=C(NCc1cccc(CS(=O)(=O)NC)c1)NC(C)c1ccc(C)c(F)c1.I. The second-order valence-corrected chi connectivity index (χ2v) is 8.51. The van der Waals surface area contributed by atoms with E-state index in [1.807, 2.05) is 31.2 Å². The predicted octanol–water partition coefficient (Wildman–Crippen LogP) is 3.23. The Kier molecular flexibility index (Phi) is 10.0. The molecule has 0 bridgehead atoms. The van der Waals surface area contributed by atoms with Gasteiger partial charge in [-0.3, -0.25) is 4.99 Å². The zero-order chi connectivity index (χ0) is 20.7. The van der Waals surface area contributed by atoms with Gasteiger partial charge in [0.2, 0.25) is 10.0 Å². The van der Waals surface area contributed by atoms with Crippen LogP contribution in [0.5, 0.6) is 0 Å². The van der Waals surface area contributed by atoms with Crippen molar-refractivity contribution in [1.29, 1.82) is 0 Å². The molecule has 2 rings (SSSR count). The van der Waals surface area contributed by atoms with Gasteiger partial charge in [0.1, 0.15) is 5.82 Å². The minimum absolute atomic E-state index is 0. The van der Waals surface area contributed by atoms with Crippen LogP contribution in [-0.2, 0) is 22.3 Å². The van der Waals surface area contributed by atoms with Crippen LogP contribution in [0.3, 0.4) is 0 Å². The van der Waals surface area contributed by atoms with E-state index in [4.69, 9.17) is 0 Å². The summed E-state index contributed by atoms with van der Waals surface area (Å²) >= 11 is 0. The number of benzene rings is 2. The second-order valence-electron chi connectivity index (χ2n) is 6.58. The quantitative estimate of drug-likeness (QED) is 0.290. The number of hydrogen-bond acceptors (Lipinski definition) is 3. The molecule has 0 aliphatic rings. The van der Waals surface area contributed by atoms with Crippen LogP contribution < -0.4 is 15.4 Å². The fourth-order valence-electron chi connectivity index (χ4n) is 2.67. The standard InChI is InChI=1S/C20H27FN4O2S.HI/c1-14-8-9-18(11-19(14)21)15(2)25-20(22-3)24-12-16-6-5-7-17(10-16)13-28(26,27)23-4;/h5-11,15,23H,12-13H2,1-4H3,(H2,22,24,25);1H. The van der Waals surface area contributed by atoms with Gasteiger partial charge in [-0.15, -0.1) is 24.0 Å². The Balaban J connectivity index is 0.00000420. The lowest BCUT2D eigenvalue weighted by Crippen LogP contribution is -2.38. The summed E-state index contributed by atoms with van der Waals surface area (Å²) in [6, 6.07) is 12.4. The van der Waals surface area contributed by atoms with Gasteiger partial charge >= 0.3 is 0 Å². The smallest absolute Gasteiger partial charge is 0.215 e. The number of guanidine groups is 1. The number of nitrogens with one attached hydrogen (secondary N) is 3. The van der Waals surface area contributed by atoms with Gasteiger partial charge in [0.25, 0.3) is 0 Å². The first-order chi connectivity index (χ1) is 13.2. The van der Waals surface area contributed by atoms with Gasteiger partial charge in [-0.1, -0.05) is 36.4 Å². The summed E-state index contributed by atoms with van der Waals surface area (Å²) in [5.41, 5.74) is 3.07. The summed E-state index contributed by atoms with van der Waals surface area (Å²) in [6.07, 6.45) is 0. The maximum Gasteiger partial charge on any atom is 0.215 e. The van der Waals surface area contributed by atoms with Gasteiger partial charge in [0.15, 0.2) is 5.96 Å². The summed E-state index contributed by atoms with van der Waals surface area (Å²) in [7, 11) is -0.255. The lowest BCUT2D eigenvalue weighted by atomic mass is 10.1. The normalized spacial score (nSPS) is 12.8. The molecule has 0 saturated carbocycles. The average molecular weight is 534 g/mol. The first-order valence-electron chi connectivity index (χ1n) is 8.96. The third kappa shape index (κ3) is 7.90. The zero-order valence-corrected chi connectivity index (χ0v) is 20.1. The first kappa shape index (κ1) is 25.3. The highest BCUT2D eigenvalue weighted by Gasteiger charge is 2.11. The molecule has 0 aromatic heterocycles. The predicted molar refractivity (Wildman–Crippen MR) is 126 cm³/mol. The van der Waals surface area contributed by atoms with E-state index >= 15 is 0 Å². The Morgan fingerprint density at radius 3 is 2.48 bits per heavy atom. The number of sulfonamides is 1. The van der Waals surface area contributed by atoms with Crippen LogP contribution in [0.4, 0.5) is 4.39 Å². The van der Waals surface area contributed by atoms with Crippen molar-refractivity contribution < 1.29 is 12.8 Å². The summed E-state index contributed by atoms with van der Waals surface area (Å²) in [5.74, 6) is 0.268. The molecule has 9 heteroatoms. The average Bonchev–Trinajstić information content (AvgIpc) is 2.67.